The lowest BCUT2D eigenvalue weighted by Crippen LogP contribution is -1.93. The van der Waals surface area contributed by atoms with Crippen molar-refractivity contribution in [3.63, 3.8) is 0 Å². The Kier molecular flexibility index (Phi) is 1.72. The Morgan fingerprint density at radius 1 is 1.12 bits per heavy atom. The molecule has 0 amide bonds. The van der Waals surface area contributed by atoms with Crippen LogP contribution < -0.4 is 0 Å². The van der Waals surface area contributed by atoms with E-state index in [9.17, 15) is 5.11 Å². The summed E-state index contributed by atoms with van der Waals surface area (Å²) in [7, 11) is 0. The van der Waals surface area contributed by atoms with Gasteiger partial charge in [-0.1, -0.05) is 12.1 Å². The van der Waals surface area contributed by atoms with Crippen molar-refractivity contribution in [2.24, 2.45) is 0 Å². The first kappa shape index (κ1) is 9.21. The monoisotopic (exact) mass is 212 g/mol. The molecule has 0 bridgehead atoms. The molecule has 0 atom stereocenters. The fraction of sp³-hybridized carbons (Fsp3) is 0.154. The van der Waals surface area contributed by atoms with E-state index in [2.05, 4.69) is 4.98 Å². The van der Waals surface area contributed by atoms with Crippen LogP contribution in [0.25, 0.3) is 16.6 Å². The average molecular weight is 212 g/mol. The van der Waals surface area contributed by atoms with E-state index in [1.807, 2.05) is 48.6 Å². The number of aryl methyl sites for hydroxylation is 2. The Hall–Kier alpha value is -2.03. The third kappa shape index (κ3) is 1.05. The number of hydrogen-bond donors (Lipinski definition) is 1. The van der Waals surface area contributed by atoms with Gasteiger partial charge in [0, 0.05) is 5.56 Å². The van der Waals surface area contributed by atoms with Crippen molar-refractivity contribution in [1.29, 1.82) is 0 Å². The maximum atomic E-state index is 10.1. The molecule has 1 N–H and O–H groups in total. The third-order valence-electron chi connectivity index (χ3n) is 2.94. The Balaban J connectivity index is 2.67. The summed E-state index contributed by atoms with van der Waals surface area (Å²) in [5.41, 5.74) is 4.61. The van der Waals surface area contributed by atoms with Gasteiger partial charge in [0.15, 0.2) is 5.88 Å². The number of aromatic nitrogens is 2. The van der Waals surface area contributed by atoms with Crippen molar-refractivity contribution in [3.8, 4) is 5.88 Å². The van der Waals surface area contributed by atoms with Crippen molar-refractivity contribution in [3.05, 3.63) is 41.6 Å². The molecule has 0 fully saturated rings. The first-order chi connectivity index (χ1) is 7.68. The number of rotatable bonds is 0. The van der Waals surface area contributed by atoms with Crippen LogP contribution in [-0.4, -0.2) is 14.5 Å². The number of para-hydroxylation sites is 2. The van der Waals surface area contributed by atoms with Gasteiger partial charge < -0.3 is 5.11 Å². The highest BCUT2D eigenvalue weighted by Crippen LogP contribution is 2.27. The Bertz CT molecular complexity index is 698. The SMILES string of the molecule is Cc1cc2c(C)nc3ccccc3n2c1O. The lowest BCUT2D eigenvalue weighted by Gasteiger charge is -2.05. The lowest BCUT2D eigenvalue weighted by atomic mass is 10.2. The van der Waals surface area contributed by atoms with Crippen LogP contribution >= 0.6 is 0 Å². The molecule has 1 aromatic carbocycles. The molecule has 0 radical (unpaired) electrons. The molecule has 0 saturated carbocycles. The number of aromatic hydroxyl groups is 1. The van der Waals surface area contributed by atoms with Crippen LogP contribution in [0, 0.1) is 13.8 Å². The van der Waals surface area contributed by atoms with Gasteiger partial charge in [0.2, 0.25) is 0 Å². The van der Waals surface area contributed by atoms with E-state index in [1.54, 1.807) is 0 Å². The van der Waals surface area contributed by atoms with E-state index in [1.165, 1.54) is 0 Å². The fourth-order valence-electron chi connectivity index (χ4n) is 2.12. The summed E-state index contributed by atoms with van der Waals surface area (Å²) < 4.78 is 1.85. The zero-order valence-electron chi connectivity index (χ0n) is 9.23. The Labute approximate surface area is 93.0 Å². The highest BCUT2D eigenvalue weighted by Gasteiger charge is 2.11. The zero-order valence-corrected chi connectivity index (χ0v) is 9.23. The van der Waals surface area contributed by atoms with Gasteiger partial charge in [-0.2, -0.15) is 0 Å². The topological polar surface area (TPSA) is 37.5 Å². The molecule has 0 spiro atoms. The maximum Gasteiger partial charge on any atom is 0.199 e. The van der Waals surface area contributed by atoms with Crippen molar-refractivity contribution < 1.29 is 5.11 Å². The molecular formula is C13H12N2O. The second kappa shape index (κ2) is 2.98. The fourth-order valence-corrected chi connectivity index (χ4v) is 2.12. The molecule has 3 aromatic rings. The summed E-state index contributed by atoms with van der Waals surface area (Å²) in [6.45, 7) is 3.86. The number of nitrogens with zero attached hydrogens (tertiary/aromatic N) is 2. The van der Waals surface area contributed by atoms with E-state index < -0.39 is 0 Å². The molecule has 16 heavy (non-hydrogen) atoms. The average Bonchev–Trinajstić information content (AvgIpc) is 2.57. The molecule has 0 unspecified atom stereocenters. The van der Waals surface area contributed by atoms with Gasteiger partial charge in [-0.05, 0) is 32.0 Å². The van der Waals surface area contributed by atoms with Gasteiger partial charge >= 0.3 is 0 Å². The summed E-state index contributed by atoms with van der Waals surface area (Å²) in [5.74, 6) is 0.303. The van der Waals surface area contributed by atoms with Gasteiger partial charge in [0.25, 0.3) is 0 Å². The molecule has 3 nitrogen and oxygen atoms in total. The molecule has 0 aliphatic carbocycles. The van der Waals surface area contributed by atoms with Crippen molar-refractivity contribution >= 4 is 16.6 Å². The van der Waals surface area contributed by atoms with Crippen LogP contribution in [0.2, 0.25) is 0 Å². The van der Waals surface area contributed by atoms with Crippen molar-refractivity contribution in [2.75, 3.05) is 0 Å². The summed E-state index contributed by atoms with van der Waals surface area (Å²) in [6, 6.07) is 9.79. The van der Waals surface area contributed by atoms with Gasteiger partial charge in [-0.25, -0.2) is 4.98 Å². The molecule has 3 heteroatoms. The summed E-state index contributed by atoms with van der Waals surface area (Å²) in [4.78, 5) is 4.53. The predicted octanol–water partition coefficient (Wildman–Crippen LogP) is 2.81. The van der Waals surface area contributed by atoms with Gasteiger partial charge in [-0.15, -0.1) is 0 Å². The number of benzene rings is 1. The Morgan fingerprint density at radius 2 is 1.88 bits per heavy atom. The highest BCUT2D eigenvalue weighted by molar-refractivity contribution is 5.81. The van der Waals surface area contributed by atoms with Crippen LogP contribution in [0.5, 0.6) is 5.88 Å². The predicted molar refractivity (Wildman–Crippen MR) is 63.8 cm³/mol. The minimum absolute atomic E-state index is 0.303. The normalized spacial score (nSPS) is 11.4. The summed E-state index contributed by atoms with van der Waals surface area (Å²) in [5, 5.41) is 10.1. The third-order valence-corrected chi connectivity index (χ3v) is 2.94. The van der Waals surface area contributed by atoms with Crippen LogP contribution in [-0.2, 0) is 0 Å². The summed E-state index contributed by atoms with van der Waals surface area (Å²) in [6.07, 6.45) is 0. The minimum atomic E-state index is 0.303. The van der Waals surface area contributed by atoms with E-state index in [-0.39, 0.29) is 0 Å². The van der Waals surface area contributed by atoms with Gasteiger partial charge in [0.1, 0.15) is 0 Å². The second-order valence-corrected chi connectivity index (χ2v) is 4.06. The molecule has 2 heterocycles. The van der Waals surface area contributed by atoms with Crippen LogP contribution in [0.1, 0.15) is 11.3 Å². The number of fused-ring (bicyclic) bond motifs is 3. The summed E-state index contributed by atoms with van der Waals surface area (Å²) >= 11 is 0. The zero-order chi connectivity index (χ0) is 11.3. The smallest absolute Gasteiger partial charge is 0.199 e. The van der Waals surface area contributed by atoms with Crippen molar-refractivity contribution in [1.82, 2.24) is 9.38 Å². The lowest BCUT2D eigenvalue weighted by molar-refractivity contribution is 0.447. The highest BCUT2D eigenvalue weighted by atomic mass is 16.3. The first-order valence-corrected chi connectivity index (χ1v) is 5.25. The largest absolute Gasteiger partial charge is 0.494 e. The molecule has 0 aliphatic rings. The first-order valence-electron chi connectivity index (χ1n) is 5.25. The van der Waals surface area contributed by atoms with Crippen LogP contribution in [0.4, 0.5) is 0 Å². The number of hydrogen-bond acceptors (Lipinski definition) is 2. The minimum Gasteiger partial charge on any atom is -0.494 e. The van der Waals surface area contributed by atoms with E-state index in [0.717, 1.165) is 27.8 Å². The Morgan fingerprint density at radius 3 is 2.69 bits per heavy atom. The molecule has 80 valence electrons. The van der Waals surface area contributed by atoms with Crippen LogP contribution in [0.15, 0.2) is 30.3 Å². The molecule has 2 aromatic heterocycles. The molecular weight excluding hydrogens is 200 g/mol. The van der Waals surface area contributed by atoms with Gasteiger partial charge in [0.05, 0.1) is 22.2 Å². The van der Waals surface area contributed by atoms with E-state index >= 15 is 0 Å². The van der Waals surface area contributed by atoms with E-state index in [0.29, 0.717) is 5.88 Å². The second-order valence-electron chi connectivity index (χ2n) is 4.06. The molecule has 0 saturated heterocycles. The standard InChI is InChI=1S/C13H12N2O/c1-8-7-12-9(2)14-10-5-3-4-6-11(10)15(12)13(8)16/h3-7,16H,1-2H3. The van der Waals surface area contributed by atoms with Crippen molar-refractivity contribution in [2.45, 2.75) is 13.8 Å². The molecule has 3 rings (SSSR count). The quantitative estimate of drug-likeness (QED) is 0.622. The van der Waals surface area contributed by atoms with E-state index in [4.69, 9.17) is 0 Å². The van der Waals surface area contributed by atoms with Gasteiger partial charge in [-0.3, -0.25) is 4.40 Å². The maximum absolute atomic E-state index is 10.1. The molecule has 0 aliphatic heterocycles. The van der Waals surface area contributed by atoms with Crippen LogP contribution in [0.3, 0.4) is 0 Å².